The van der Waals surface area contributed by atoms with Gasteiger partial charge in [0.2, 0.25) is 5.91 Å². The van der Waals surface area contributed by atoms with Crippen molar-refractivity contribution in [2.24, 2.45) is 5.41 Å². The first-order valence-corrected chi connectivity index (χ1v) is 6.61. The van der Waals surface area contributed by atoms with Gasteiger partial charge in [0.15, 0.2) is 0 Å². The fourth-order valence-corrected chi connectivity index (χ4v) is 2.86. The standard InChI is InChI=1S/C11H8BrCl2NO3/c12-5-3-6(13)8(7(14)4-5)15-9(16)11(1-2-11)10(17)18/h3-4H,1-2H2,(H,15,16)(H,17,18). The lowest BCUT2D eigenvalue weighted by Gasteiger charge is -2.13. The molecule has 18 heavy (non-hydrogen) atoms. The third-order valence-corrected chi connectivity index (χ3v) is 3.89. The number of benzene rings is 1. The summed E-state index contributed by atoms with van der Waals surface area (Å²) in [5, 5.41) is 12.0. The van der Waals surface area contributed by atoms with Gasteiger partial charge in [-0.2, -0.15) is 0 Å². The van der Waals surface area contributed by atoms with Gasteiger partial charge in [-0.3, -0.25) is 9.59 Å². The van der Waals surface area contributed by atoms with Crippen LogP contribution in [-0.2, 0) is 9.59 Å². The van der Waals surface area contributed by atoms with Crippen LogP contribution < -0.4 is 5.32 Å². The van der Waals surface area contributed by atoms with E-state index in [1.54, 1.807) is 12.1 Å². The van der Waals surface area contributed by atoms with Crippen LogP contribution in [0.1, 0.15) is 12.8 Å². The highest BCUT2D eigenvalue weighted by Gasteiger charge is 2.57. The highest BCUT2D eigenvalue weighted by atomic mass is 79.9. The predicted molar refractivity (Wildman–Crippen MR) is 72.1 cm³/mol. The van der Waals surface area contributed by atoms with Crippen LogP contribution in [0.15, 0.2) is 16.6 Å². The molecule has 2 rings (SSSR count). The topological polar surface area (TPSA) is 66.4 Å². The van der Waals surface area contributed by atoms with Crippen molar-refractivity contribution in [3.05, 3.63) is 26.7 Å². The Morgan fingerprint density at radius 1 is 1.28 bits per heavy atom. The van der Waals surface area contributed by atoms with Gasteiger partial charge in [-0.05, 0) is 25.0 Å². The Bertz CT molecular complexity index is 520. The van der Waals surface area contributed by atoms with Crippen LogP contribution in [0.5, 0.6) is 0 Å². The first-order valence-electron chi connectivity index (χ1n) is 5.06. The molecule has 1 saturated carbocycles. The van der Waals surface area contributed by atoms with E-state index in [-0.39, 0.29) is 15.7 Å². The molecule has 1 aromatic rings. The van der Waals surface area contributed by atoms with E-state index in [1.165, 1.54) is 0 Å². The maximum Gasteiger partial charge on any atom is 0.319 e. The first-order chi connectivity index (χ1) is 8.36. The molecule has 4 nitrogen and oxygen atoms in total. The SMILES string of the molecule is O=C(O)C1(C(=O)Nc2c(Cl)cc(Br)cc2Cl)CC1. The third-order valence-electron chi connectivity index (χ3n) is 2.84. The van der Waals surface area contributed by atoms with E-state index in [1.807, 2.05) is 0 Å². The van der Waals surface area contributed by atoms with Crippen molar-refractivity contribution in [2.45, 2.75) is 12.8 Å². The Labute approximate surface area is 121 Å². The van der Waals surface area contributed by atoms with Gasteiger partial charge >= 0.3 is 5.97 Å². The molecule has 0 radical (unpaired) electrons. The van der Waals surface area contributed by atoms with Crippen molar-refractivity contribution >= 4 is 56.7 Å². The summed E-state index contributed by atoms with van der Waals surface area (Å²) in [4.78, 5) is 22.9. The second kappa shape index (κ2) is 4.72. The maximum absolute atomic E-state index is 11.9. The summed E-state index contributed by atoms with van der Waals surface area (Å²) < 4.78 is 0.676. The lowest BCUT2D eigenvalue weighted by molar-refractivity contribution is -0.147. The van der Waals surface area contributed by atoms with Crippen LogP contribution >= 0.6 is 39.1 Å². The summed E-state index contributed by atoms with van der Waals surface area (Å²) in [6.07, 6.45) is 0.667. The van der Waals surface area contributed by atoms with E-state index in [0.29, 0.717) is 17.3 Å². The Morgan fingerprint density at radius 3 is 2.17 bits per heavy atom. The van der Waals surface area contributed by atoms with Gasteiger partial charge in [0, 0.05) is 4.47 Å². The zero-order valence-corrected chi connectivity index (χ0v) is 12.1. The number of carboxylic acid groups (broad SMARTS) is 1. The maximum atomic E-state index is 11.9. The molecule has 1 fully saturated rings. The predicted octanol–water partition coefficient (Wildman–Crippen LogP) is 3.56. The van der Waals surface area contributed by atoms with Gasteiger partial charge in [-0.15, -0.1) is 0 Å². The summed E-state index contributed by atoms with van der Waals surface area (Å²) >= 11 is 15.1. The van der Waals surface area contributed by atoms with Crippen molar-refractivity contribution in [1.82, 2.24) is 0 Å². The van der Waals surface area contributed by atoms with Crippen molar-refractivity contribution in [3.63, 3.8) is 0 Å². The van der Waals surface area contributed by atoms with E-state index in [9.17, 15) is 9.59 Å². The van der Waals surface area contributed by atoms with Crippen LogP contribution in [0.2, 0.25) is 10.0 Å². The molecule has 1 aliphatic carbocycles. The molecular weight excluding hydrogens is 345 g/mol. The number of hydrogen-bond donors (Lipinski definition) is 2. The molecule has 0 aromatic heterocycles. The highest BCUT2D eigenvalue weighted by molar-refractivity contribution is 9.10. The van der Waals surface area contributed by atoms with Crippen LogP contribution in [0, 0.1) is 5.41 Å². The van der Waals surface area contributed by atoms with Gasteiger partial charge in [0.1, 0.15) is 5.41 Å². The van der Waals surface area contributed by atoms with Gasteiger partial charge < -0.3 is 10.4 Å². The Kier molecular flexibility index (Phi) is 3.58. The summed E-state index contributed by atoms with van der Waals surface area (Å²) in [5.74, 6) is -1.70. The molecule has 0 spiro atoms. The number of carbonyl (C=O) groups excluding carboxylic acids is 1. The monoisotopic (exact) mass is 351 g/mol. The molecule has 0 heterocycles. The Balaban J connectivity index is 2.26. The molecule has 0 unspecified atom stereocenters. The molecular formula is C11H8BrCl2NO3. The fourth-order valence-electron chi connectivity index (χ4n) is 1.56. The molecule has 1 aromatic carbocycles. The minimum atomic E-state index is -1.32. The van der Waals surface area contributed by atoms with E-state index >= 15 is 0 Å². The van der Waals surface area contributed by atoms with E-state index in [4.69, 9.17) is 28.3 Å². The number of aliphatic carboxylic acids is 1. The largest absolute Gasteiger partial charge is 0.480 e. The number of anilines is 1. The van der Waals surface area contributed by atoms with Crippen molar-refractivity contribution in [1.29, 1.82) is 0 Å². The second-order valence-electron chi connectivity index (χ2n) is 4.09. The van der Waals surface area contributed by atoms with Crippen LogP contribution in [0.25, 0.3) is 0 Å². The quantitative estimate of drug-likeness (QED) is 0.817. The fraction of sp³-hybridized carbons (Fsp3) is 0.273. The number of rotatable bonds is 3. The summed E-state index contributed by atoms with van der Waals surface area (Å²) in [5.41, 5.74) is -1.08. The van der Waals surface area contributed by atoms with E-state index in [2.05, 4.69) is 21.2 Å². The number of halogens is 3. The Morgan fingerprint density at radius 2 is 1.78 bits per heavy atom. The number of amides is 1. The summed E-state index contributed by atoms with van der Waals surface area (Å²) in [6, 6.07) is 3.15. The zero-order chi connectivity index (χ0) is 13.5. The zero-order valence-electron chi connectivity index (χ0n) is 8.97. The van der Waals surface area contributed by atoms with Gasteiger partial charge in [-0.25, -0.2) is 0 Å². The van der Waals surface area contributed by atoms with Gasteiger partial charge in [0.05, 0.1) is 15.7 Å². The number of hydrogen-bond acceptors (Lipinski definition) is 2. The molecule has 2 N–H and O–H groups in total. The normalized spacial score (nSPS) is 16.2. The first kappa shape index (κ1) is 13.6. The van der Waals surface area contributed by atoms with Crippen molar-refractivity contribution < 1.29 is 14.7 Å². The molecule has 1 amide bonds. The lowest BCUT2D eigenvalue weighted by atomic mass is 10.1. The van der Waals surface area contributed by atoms with Gasteiger partial charge in [-0.1, -0.05) is 39.1 Å². The van der Waals surface area contributed by atoms with Crippen molar-refractivity contribution in [3.8, 4) is 0 Å². The average Bonchev–Trinajstić information content (AvgIpc) is 3.03. The van der Waals surface area contributed by atoms with Crippen LogP contribution in [0.4, 0.5) is 5.69 Å². The molecule has 7 heteroatoms. The van der Waals surface area contributed by atoms with Crippen LogP contribution in [0.3, 0.4) is 0 Å². The van der Waals surface area contributed by atoms with E-state index in [0.717, 1.165) is 0 Å². The average molecular weight is 353 g/mol. The molecule has 0 bridgehead atoms. The molecule has 0 aliphatic heterocycles. The van der Waals surface area contributed by atoms with Crippen molar-refractivity contribution in [2.75, 3.05) is 5.32 Å². The number of nitrogens with one attached hydrogen (secondary N) is 1. The van der Waals surface area contributed by atoms with Crippen LogP contribution in [-0.4, -0.2) is 17.0 Å². The van der Waals surface area contributed by atoms with E-state index < -0.39 is 17.3 Å². The number of carbonyl (C=O) groups is 2. The summed E-state index contributed by atoms with van der Waals surface area (Å²) in [7, 11) is 0. The minimum absolute atomic E-state index is 0.235. The summed E-state index contributed by atoms with van der Waals surface area (Å²) in [6.45, 7) is 0. The third kappa shape index (κ3) is 2.35. The lowest BCUT2D eigenvalue weighted by Crippen LogP contribution is -2.31. The molecule has 96 valence electrons. The second-order valence-corrected chi connectivity index (χ2v) is 5.82. The van der Waals surface area contributed by atoms with Gasteiger partial charge in [0.25, 0.3) is 0 Å². The molecule has 1 aliphatic rings. The molecule has 0 atom stereocenters. The minimum Gasteiger partial charge on any atom is -0.480 e. The smallest absolute Gasteiger partial charge is 0.319 e. The Hall–Kier alpha value is -0.780. The highest BCUT2D eigenvalue weighted by Crippen LogP contribution is 2.47. The number of carboxylic acids is 1. The molecule has 0 saturated heterocycles.